The van der Waals surface area contributed by atoms with Crippen LogP contribution in [0.1, 0.15) is 41.3 Å². The smallest absolute Gasteiger partial charge is 0.329 e. The van der Waals surface area contributed by atoms with E-state index in [-0.39, 0.29) is 35.6 Å². The van der Waals surface area contributed by atoms with Crippen LogP contribution in [0, 0.1) is 18.7 Å². The Hall–Kier alpha value is -2.49. The minimum atomic E-state index is -0.848. The Morgan fingerprint density at radius 3 is 2.77 bits per heavy atom. The van der Waals surface area contributed by atoms with E-state index < -0.39 is 22.8 Å². The van der Waals surface area contributed by atoms with Crippen molar-refractivity contribution in [3.63, 3.8) is 0 Å². The third kappa shape index (κ3) is 3.14. The predicted octanol–water partition coefficient (Wildman–Crippen LogP) is 2.33. The van der Waals surface area contributed by atoms with Crippen molar-refractivity contribution in [3.05, 3.63) is 48.7 Å². The molecule has 2 atom stereocenters. The van der Waals surface area contributed by atoms with Crippen LogP contribution in [0.25, 0.3) is 21.3 Å². The number of nitrogens with two attached hydrogens (primary N) is 1. The predicted molar refractivity (Wildman–Crippen MR) is 117 cm³/mol. The molecule has 9 heteroatoms. The first kappa shape index (κ1) is 20.4. The number of nitrogens with zero attached hydrogens (tertiary/aromatic N) is 1. The van der Waals surface area contributed by atoms with Gasteiger partial charge in [0, 0.05) is 27.4 Å². The Labute approximate surface area is 181 Å². The topological polar surface area (TPSA) is 121 Å². The summed E-state index contributed by atoms with van der Waals surface area (Å²) in [5, 5.41) is 19.8. The normalized spacial score (nSPS) is 19.5. The number of phenols is 1. The molecule has 2 aliphatic carbocycles. The highest BCUT2D eigenvalue weighted by Crippen LogP contribution is 2.45. The fourth-order valence-electron chi connectivity index (χ4n) is 4.81. The lowest BCUT2D eigenvalue weighted by molar-refractivity contribution is 0.216. The summed E-state index contributed by atoms with van der Waals surface area (Å²) in [5.41, 5.74) is 6.79. The molecule has 0 saturated heterocycles. The fourth-order valence-corrected chi connectivity index (χ4v) is 6.12. The van der Waals surface area contributed by atoms with Crippen LogP contribution < -0.4 is 17.0 Å². The van der Waals surface area contributed by atoms with Crippen molar-refractivity contribution in [1.82, 2.24) is 9.55 Å². The summed E-state index contributed by atoms with van der Waals surface area (Å²) in [5.74, 6) is -1.41. The largest absolute Gasteiger partial charge is 0.504 e. The molecule has 5 N–H and O–H groups in total. The van der Waals surface area contributed by atoms with Gasteiger partial charge >= 0.3 is 5.69 Å². The van der Waals surface area contributed by atoms with E-state index >= 15 is 4.39 Å². The van der Waals surface area contributed by atoms with E-state index in [4.69, 9.17) is 5.73 Å². The Balaban J connectivity index is 1.72. The highest BCUT2D eigenvalue weighted by Gasteiger charge is 2.32. The lowest BCUT2D eigenvalue weighted by Gasteiger charge is -2.26. The van der Waals surface area contributed by atoms with Gasteiger partial charge in [-0.2, -0.15) is 0 Å². The van der Waals surface area contributed by atoms with Gasteiger partial charge in [0.25, 0.3) is 5.56 Å². The van der Waals surface area contributed by atoms with Crippen molar-refractivity contribution in [2.45, 2.75) is 51.1 Å². The zero-order chi connectivity index (χ0) is 22.0. The number of aliphatic hydroxyl groups is 1. The quantitative estimate of drug-likeness (QED) is 0.491. The van der Waals surface area contributed by atoms with Crippen LogP contribution in [-0.4, -0.2) is 32.4 Å². The Bertz CT molecular complexity index is 1320. The summed E-state index contributed by atoms with van der Waals surface area (Å²) in [6.07, 6.45) is 3.96. The number of H-pyrrole nitrogens is 1. The molecular weight excluding hydrogens is 421 g/mol. The number of aromatic hydroxyl groups is 1. The van der Waals surface area contributed by atoms with Gasteiger partial charge in [0.15, 0.2) is 11.6 Å². The highest BCUT2D eigenvalue weighted by molar-refractivity contribution is 7.15. The molecule has 0 radical (unpaired) electrons. The van der Waals surface area contributed by atoms with Crippen LogP contribution in [-0.2, 0) is 12.8 Å². The van der Waals surface area contributed by atoms with Gasteiger partial charge in [-0.05, 0) is 62.1 Å². The van der Waals surface area contributed by atoms with Crippen molar-refractivity contribution in [2.24, 2.45) is 11.7 Å². The number of fused-ring (bicyclic) bond motifs is 2. The van der Waals surface area contributed by atoms with Gasteiger partial charge in [-0.1, -0.05) is 0 Å². The number of hydrogen-bond acceptors (Lipinski definition) is 6. The van der Waals surface area contributed by atoms with Gasteiger partial charge in [0.05, 0.1) is 12.1 Å². The molecular formula is C22H24FN3O4S. The van der Waals surface area contributed by atoms with Crippen molar-refractivity contribution in [3.8, 4) is 16.2 Å². The number of aliphatic hydroxyl groups excluding tert-OH is 1. The van der Waals surface area contributed by atoms with Gasteiger partial charge in [-0.15, -0.1) is 11.3 Å². The molecule has 164 valence electrons. The number of thiophene rings is 1. The molecule has 2 aromatic heterocycles. The summed E-state index contributed by atoms with van der Waals surface area (Å²) in [6.45, 7) is 1.62. The average molecular weight is 446 g/mol. The third-order valence-electron chi connectivity index (χ3n) is 6.63. The lowest BCUT2D eigenvalue weighted by atomic mass is 9.84. The standard InChI is InChI=1S/C22H24FN3O4S/c1-9-16(15-7-11-6-10(13(24)8-27)2-5-14(11)31-15)18(23)20(28)17-19(9)26(12-3-4-12)22(30)25-21(17)29/h7,10,12-13,27-28H,2-6,8,24H2,1H3,(H,25,29,30). The van der Waals surface area contributed by atoms with Crippen LogP contribution in [0.4, 0.5) is 4.39 Å². The van der Waals surface area contributed by atoms with Gasteiger partial charge in [0.1, 0.15) is 5.39 Å². The first-order valence-corrected chi connectivity index (χ1v) is 11.3. The van der Waals surface area contributed by atoms with Crippen molar-refractivity contribution < 1.29 is 14.6 Å². The summed E-state index contributed by atoms with van der Waals surface area (Å²) in [4.78, 5) is 29.0. The minimum Gasteiger partial charge on any atom is -0.504 e. The zero-order valence-corrected chi connectivity index (χ0v) is 17.9. The summed E-state index contributed by atoms with van der Waals surface area (Å²) < 4.78 is 16.9. The van der Waals surface area contributed by atoms with Gasteiger partial charge in [-0.3, -0.25) is 14.3 Å². The molecule has 0 aliphatic heterocycles. The molecule has 1 fully saturated rings. The number of benzene rings is 1. The first-order valence-electron chi connectivity index (χ1n) is 10.5. The van der Waals surface area contributed by atoms with E-state index in [0.717, 1.165) is 36.1 Å². The average Bonchev–Trinajstić information content (AvgIpc) is 3.49. The second-order valence-electron chi connectivity index (χ2n) is 8.66. The SMILES string of the molecule is Cc1c(-c2cc3c(s2)CCC(C(N)CO)C3)c(F)c(O)c2c(=O)[nH]c(=O)n(C3CC3)c12. The second kappa shape index (κ2) is 7.29. The van der Waals surface area contributed by atoms with Crippen LogP contribution in [0.5, 0.6) is 5.75 Å². The fraction of sp³-hybridized carbons (Fsp3) is 0.455. The Morgan fingerprint density at radius 1 is 1.35 bits per heavy atom. The number of rotatable bonds is 4. The van der Waals surface area contributed by atoms with Gasteiger partial charge < -0.3 is 15.9 Å². The number of aromatic amines is 1. The molecule has 1 aromatic carbocycles. The van der Waals surface area contributed by atoms with Crippen molar-refractivity contribution in [1.29, 1.82) is 0 Å². The first-order chi connectivity index (χ1) is 14.8. The maximum Gasteiger partial charge on any atom is 0.329 e. The van der Waals surface area contributed by atoms with Crippen LogP contribution >= 0.6 is 11.3 Å². The Kier molecular flexibility index (Phi) is 4.80. The number of halogens is 1. The van der Waals surface area contributed by atoms with E-state index in [0.29, 0.717) is 22.4 Å². The lowest BCUT2D eigenvalue weighted by Crippen LogP contribution is -2.36. The molecule has 7 nitrogen and oxygen atoms in total. The van der Waals surface area contributed by atoms with E-state index in [9.17, 15) is 19.8 Å². The molecule has 0 bridgehead atoms. The van der Waals surface area contributed by atoms with E-state index in [1.54, 1.807) is 6.92 Å². The molecule has 1 saturated carbocycles. The van der Waals surface area contributed by atoms with Crippen LogP contribution in [0.2, 0.25) is 0 Å². The number of aromatic nitrogens is 2. The minimum absolute atomic E-state index is 0.0551. The molecule has 0 amide bonds. The molecule has 5 rings (SSSR count). The van der Waals surface area contributed by atoms with Crippen LogP contribution in [0.15, 0.2) is 15.7 Å². The summed E-state index contributed by atoms with van der Waals surface area (Å²) in [6, 6.07) is 1.57. The van der Waals surface area contributed by atoms with Crippen molar-refractivity contribution >= 4 is 22.2 Å². The second-order valence-corrected chi connectivity index (χ2v) is 9.79. The van der Waals surface area contributed by atoms with Gasteiger partial charge in [-0.25, -0.2) is 9.18 Å². The van der Waals surface area contributed by atoms with E-state index in [1.165, 1.54) is 15.9 Å². The number of phenolic OH excluding ortho intramolecular Hbond substituents is 1. The number of hydrogen-bond donors (Lipinski definition) is 4. The van der Waals surface area contributed by atoms with E-state index in [1.807, 2.05) is 6.07 Å². The molecule has 0 spiro atoms. The zero-order valence-electron chi connectivity index (χ0n) is 17.1. The number of aryl methyl sites for hydroxylation is 2. The third-order valence-corrected chi connectivity index (χ3v) is 7.89. The van der Waals surface area contributed by atoms with Gasteiger partial charge in [0.2, 0.25) is 0 Å². The number of nitrogens with one attached hydrogen (secondary N) is 1. The highest BCUT2D eigenvalue weighted by atomic mass is 32.1. The summed E-state index contributed by atoms with van der Waals surface area (Å²) >= 11 is 1.47. The molecule has 2 unspecified atom stereocenters. The van der Waals surface area contributed by atoms with Crippen molar-refractivity contribution in [2.75, 3.05) is 6.61 Å². The Morgan fingerprint density at radius 2 is 2.10 bits per heavy atom. The monoisotopic (exact) mass is 445 g/mol. The van der Waals surface area contributed by atoms with E-state index in [2.05, 4.69) is 4.98 Å². The molecule has 2 heterocycles. The maximum atomic E-state index is 15.4. The molecule has 3 aromatic rings. The molecule has 2 aliphatic rings. The maximum absolute atomic E-state index is 15.4. The summed E-state index contributed by atoms with van der Waals surface area (Å²) in [7, 11) is 0. The molecule has 31 heavy (non-hydrogen) atoms. The van der Waals surface area contributed by atoms with Crippen LogP contribution in [0.3, 0.4) is 0 Å².